The van der Waals surface area contributed by atoms with Crippen LogP contribution >= 0.6 is 0 Å². The molecule has 1 aromatic heterocycles. The lowest BCUT2D eigenvalue weighted by atomic mass is 10.0. The van der Waals surface area contributed by atoms with Crippen molar-refractivity contribution in [3.63, 3.8) is 0 Å². The lowest BCUT2D eigenvalue weighted by molar-refractivity contribution is -0.120. The van der Waals surface area contributed by atoms with E-state index in [2.05, 4.69) is 20.5 Å². The molecule has 2 heterocycles. The maximum absolute atomic E-state index is 13.1. The number of amides is 2. The van der Waals surface area contributed by atoms with E-state index in [4.69, 9.17) is 9.72 Å². The molecule has 0 saturated heterocycles. The first-order chi connectivity index (χ1) is 17.5. The lowest BCUT2D eigenvalue weighted by Gasteiger charge is -2.43. The molecule has 0 radical (unpaired) electrons. The van der Waals surface area contributed by atoms with E-state index < -0.39 is 0 Å². The molecule has 1 atom stereocenters. The molecule has 36 heavy (non-hydrogen) atoms. The number of likely N-dealkylation sites (N-methyl/N-ethyl adjacent to an activating group) is 1. The van der Waals surface area contributed by atoms with Gasteiger partial charge in [0.25, 0.3) is 5.91 Å². The summed E-state index contributed by atoms with van der Waals surface area (Å²) >= 11 is 0. The van der Waals surface area contributed by atoms with Crippen molar-refractivity contribution in [2.75, 3.05) is 35.4 Å². The average Bonchev–Trinajstić information content (AvgIpc) is 3.54. The standard InChI is InChI=1S/C26H34N6O4/c1-3-20-25(35)31(2)21-15-27-26(30-23(21)32(20)18-6-4-5-7-18)29-19-11-8-16(14-22(19)36-13-12-33)24(34)28-17-9-10-17/h8,11,14-15,17-18,20,33H,3-7,9-10,12-13H2,1-2H3,(H,28,34)(H,27,29,30)/t20-/m1/s1. The zero-order valence-corrected chi connectivity index (χ0v) is 20.9. The van der Waals surface area contributed by atoms with Crippen LogP contribution in [0.15, 0.2) is 24.4 Å². The second-order valence-electron chi connectivity index (χ2n) is 9.73. The van der Waals surface area contributed by atoms with Gasteiger partial charge in [0.1, 0.15) is 24.1 Å². The van der Waals surface area contributed by atoms with Crippen LogP contribution in [0.2, 0.25) is 0 Å². The third kappa shape index (κ3) is 4.82. The van der Waals surface area contributed by atoms with Gasteiger partial charge in [0.05, 0.1) is 18.5 Å². The molecule has 3 aliphatic rings. The van der Waals surface area contributed by atoms with Gasteiger partial charge in [-0.25, -0.2) is 4.98 Å². The molecule has 10 heteroatoms. The zero-order chi connectivity index (χ0) is 25.2. The number of carbonyl (C=O) groups is 2. The van der Waals surface area contributed by atoms with Crippen LogP contribution in [0.3, 0.4) is 0 Å². The van der Waals surface area contributed by atoms with Crippen LogP contribution in [0.1, 0.15) is 62.2 Å². The Balaban J connectivity index is 1.46. The number of nitrogens with one attached hydrogen (secondary N) is 2. The summed E-state index contributed by atoms with van der Waals surface area (Å²) in [6.45, 7) is 1.98. The van der Waals surface area contributed by atoms with Gasteiger partial charge in [0, 0.05) is 24.7 Å². The molecule has 1 aliphatic heterocycles. The summed E-state index contributed by atoms with van der Waals surface area (Å²) in [7, 11) is 1.78. The Morgan fingerprint density at radius 3 is 2.69 bits per heavy atom. The summed E-state index contributed by atoms with van der Waals surface area (Å²) in [6, 6.07) is 5.44. The smallest absolute Gasteiger partial charge is 0.251 e. The highest BCUT2D eigenvalue weighted by atomic mass is 16.5. The number of nitrogens with zero attached hydrogens (tertiary/aromatic N) is 4. The Kier molecular flexibility index (Phi) is 6.95. The number of aliphatic hydroxyl groups is 1. The first-order valence-corrected chi connectivity index (χ1v) is 12.9. The minimum atomic E-state index is -0.249. The van der Waals surface area contributed by atoms with E-state index in [0.29, 0.717) is 35.1 Å². The largest absolute Gasteiger partial charge is 0.489 e. The van der Waals surface area contributed by atoms with E-state index in [1.807, 2.05) is 6.92 Å². The number of ether oxygens (including phenoxy) is 1. The van der Waals surface area contributed by atoms with Gasteiger partial charge in [0.2, 0.25) is 11.9 Å². The molecule has 1 aromatic carbocycles. The molecule has 0 unspecified atom stereocenters. The van der Waals surface area contributed by atoms with Gasteiger partial charge in [0.15, 0.2) is 5.82 Å². The Morgan fingerprint density at radius 1 is 1.22 bits per heavy atom. The number of fused-ring (bicyclic) bond motifs is 1. The van der Waals surface area contributed by atoms with Gasteiger partial charge in [-0.05, 0) is 50.3 Å². The summed E-state index contributed by atoms with van der Waals surface area (Å²) in [5.41, 5.74) is 1.78. The number of hydrogen-bond acceptors (Lipinski definition) is 8. The second-order valence-corrected chi connectivity index (χ2v) is 9.73. The molecule has 2 amide bonds. The van der Waals surface area contributed by atoms with Crippen LogP contribution in [0, 0.1) is 0 Å². The van der Waals surface area contributed by atoms with Crippen molar-refractivity contribution in [2.45, 2.75) is 70.0 Å². The first-order valence-electron chi connectivity index (χ1n) is 12.9. The molecule has 2 fully saturated rings. The first kappa shape index (κ1) is 24.3. The minimum Gasteiger partial charge on any atom is -0.489 e. The highest BCUT2D eigenvalue weighted by Crippen LogP contribution is 2.40. The van der Waals surface area contributed by atoms with Crippen molar-refractivity contribution in [1.29, 1.82) is 0 Å². The number of rotatable bonds is 9. The highest BCUT2D eigenvalue weighted by molar-refractivity contribution is 6.04. The number of benzene rings is 1. The van der Waals surface area contributed by atoms with E-state index in [-0.39, 0.29) is 43.2 Å². The molecular weight excluding hydrogens is 460 g/mol. The fourth-order valence-corrected chi connectivity index (χ4v) is 5.10. The number of aliphatic hydroxyl groups excluding tert-OH is 1. The average molecular weight is 495 g/mol. The van der Waals surface area contributed by atoms with Crippen LogP contribution in [-0.4, -0.2) is 65.3 Å². The fraction of sp³-hybridized carbons (Fsp3) is 0.538. The zero-order valence-electron chi connectivity index (χ0n) is 20.9. The molecule has 0 spiro atoms. The van der Waals surface area contributed by atoms with E-state index in [9.17, 15) is 14.7 Å². The third-order valence-electron chi connectivity index (χ3n) is 7.16. The van der Waals surface area contributed by atoms with Gasteiger partial charge < -0.3 is 30.3 Å². The van der Waals surface area contributed by atoms with Crippen LogP contribution < -0.4 is 25.2 Å². The quantitative estimate of drug-likeness (QED) is 0.487. The summed E-state index contributed by atoms with van der Waals surface area (Å²) in [5.74, 6) is 1.49. The van der Waals surface area contributed by atoms with Crippen LogP contribution in [0.4, 0.5) is 23.1 Å². The predicted octanol–water partition coefficient (Wildman–Crippen LogP) is 2.99. The minimum absolute atomic E-state index is 0.0703. The fourth-order valence-electron chi connectivity index (χ4n) is 5.10. The Hall–Kier alpha value is -3.40. The van der Waals surface area contributed by atoms with Crippen LogP contribution in [-0.2, 0) is 4.79 Å². The topological polar surface area (TPSA) is 120 Å². The number of aromatic nitrogens is 2. The van der Waals surface area contributed by atoms with E-state index in [1.165, 1.54) is 0 Å². The Morgan fingerprint density at radius 2 is 2.00 bits per heavy atom. The number of anilines is 4. The van der Waals surface area contributed by atoms with Crippen LogP contribution in [0.5, 0.6) is 5.75 Å². The van der Waals surface area contributed by atoms with E-state index >= 15 is 0 Å². The van der Waals surface area contributed by atoms with Crippen molar-refractivity contribution < 1.29 is 19.4 Å². The molecule has 2 aromatic rings. The van der Waals surface area contributed by atoms with Gasteiger partial charge in [-0.1, -0.05) is 19.8 Å². The SMILES string of the molecule is CC[C@@H]1C(=O)N(C)c2cnc(Nc3ccc(C(=O)NC4CC4)cc3OCCO)nc2N1C1CCCC1. The summed E-state index contributed by atoms with van der Waals surface area (Å²) in [5, 5.41) is 15.5. The Labute approximate surface area is 211 Å². The molecule has 0 bridgehead atoms. The maximum Gasteiger partial charge on any atom is 0.251 e. The summed E-state index contributed by atoms with van der Waals surface area (Å²) in [4.78, 5) is 38.8. The summed E-state index contributed by atoms with van der Waals surface area (Å²) < 4.78 is 5.74. The van der Waals surface area contributed by atoms with Crippen molar-refractivity contribution in [3.8, 4) is 5.75 Å². The van der Waals surface area contributed by atoms with Gasteiger partial charge >= 0.3 is 0 Å². The summed E-state index contributed by atoms with van der Waals surface area (Å²) in [6.07, 6.45) is 8.79. The van der Waals surface area contributed by atoms with E-state index in [0.717, 1.165) is 44.3 Å². The third-order valence-corrected chi connectivity index (χ3v) is 7.16. The predicted molar refractivity (Wildman–Crippen MR) is 137 cm³/mol. The lowest BCUT2D eigenvalue weighted by Crippen LogP contribution is -2.55. The second kappa shape index (κ2) is 10.3. The van der Waals surface area contributed by atoms with Crippen molar-refractivity contribution in [3.05, 3.63) is 30.0 Å². The van der Waals surface area contributed by atoms with Crippen molar-refractivity contribution >= 4 is 35.0 Å². The molecular formula is C26H34N6O4. The van der Waals surface area contributed by atoms with Gasteiger partial charge in [-0.2, -0.15) is 4.98 Å². The normalized spacial score (nSPS) is 19.9. The number of carbonyl (C=O) groups excluding carboxylic acids is 2. The monoisotopic (exact) mass is 494 g/mol. The molecule has 5 rings (SSSR count). The molecule has 2 aliphatic carbocycles. The van der Waals surface area contributed by atoms with Gasteiger partial charge in [-0.3, -0.25) is 9.59 Å². The van der Waals surface area contributed by atoms with Crippen molar-refractivity contribution in [1.82, 2.24) is 15.3 Å². The maximum atomic E-state index is 13.1. The van der Waals surface area contributed by atoms with Gasteiger partial charge in [-0.15, -0.1) is 0 Å². The highest BCUT2D eigenvalue weighted by Gasteiger charge is 2.41. The molecule has 10 nitrogen and oxygen atoms in total. The number of hydrogen-bond donors (Lipinski definition) is 3. The van der Waals surface area contributed by atoms with Crippen molar-refractivity contribution in [2.24, 2.45) is 0 Å². The van der Waals surface area contributed by atoms with Crippen LogP contribution in [0.25, 0.3) is 0 Å². The molecule has 2 saturated carbocycles. The van der Waals surface area contributed by atoms with E-state index in [1.54, 1.807) is 36.3 Å². The molecule has 3 N–H and O–H groups in total. The Bertz CT molecular complexity index is 1130. The molecule has 192 valence electrons.